The molecule has 0 amide bonds. The molecule has 2 heterocycles. The van der Waals surface area contributed by atoms with Crippen LogP contribution in [0, 0.1) is 6.92 Å². The van der Waals surface area contributed by atoms with E-state index in [1.165, 1.54) is 37.8 Å². The van der Waals surface area contributed by atoms with Gasteiger partial charge in [-0.15, -0.1) is 0 Å². The van der Waals surface area contributed by atoms with Crippen molar-refractivity contribution in [2.45, 2.75) is 65.6 Å². The van der Waals surface area contributed by atoms with E-state index in [-0.39, 0.29) is 0 Å². The molecule has 1 unspecified atom stereocenters. The molecule has 0 saturated carbocycles. The van der Waals surface area contributed by atoms with Gasteiger partial charge in [-0.05, 0) is 57.3 Å². The zero-order chi connectivity index (χ0) is 13.7. The zero-order valence-electron chi connectivity index (χ0n) is 12.7. The summed E-state index contributed by atoms with van der Waals surface area (Å²) in [6, 6.07) is 2.97. The zero-order valence-corrected chi connectivity index (χ0v) is 12.7. The van der Waals surface area contributed by atoms with Crippen molar-refractivity contribution in [3.05, 3.63) is 23.2 Å². The second-order valence-electron chi connectivity index (χ2n) is 5.67. The fourth-order valence-corrected chi connectivity index (χ4v) is 2.99. The third-order valence-corrected chi connectivity index (χ3v) is 4.11. The molecule has 1 N–H and O–H groups in total. The number of hydrogen-bond acceptors (Lipinski definition) is 3. The van der Waals surface area contributed by atoms with Gasteiger partial charge in [0.2, 0.25) is 0 Å². The van der Waals surface area contributed by atoms with Crippen LogP contribution in [0.5, 0.6) is 0 Å². The lowest BCUT2D eigenvalue weighted by atomic mass is 10.1. The van der Waals surface area contributed by atoms with E-state index in [9.17, 15) is 0 Å². The molecule has 0 bridgehead atoms. The first-order chi connectivity index (χ1) is 9.24. The summed E-state index contributed by atoms with van der Waals surface area (Å²) in [6.45, 7) is 10.7. The van der Waals surface area contributed by atoms with E-state index >= 15 is 0 Å². The van der Waals surface area contributed by atoms with Gasteiger partial charge in [0, 0.05) is 6.04 Å². The van der Waals surface area contributed by atoms with Gasteiger partial charge in [-0.25, -0.2) is 0 Å². The van der Waals surface area contributed by atoms with Crippen LogP contribution in [0.1, 0.15) is 56.6 Å². The number of furan rings is 1. The van der Waals surface area contributed by atoms with Crippen molar-refractivity contribution in [3.8, 4) is 0 Å². The average molecular weight is 264 g/mol. The Kier molecular flexibility index (Phi) is 5.46. The van der Waals surface area contributed by atoms with Gasteiger partial charge in [-0.1, -0.05) is 13.8 Å². The molecular weight excluding hydrogens is 236 g/mol. The molecule has 1 aromatic heterocycles. The molecule has 19 heavy (non-hydrogen) atoms. The van der Waals surface area contributed by atoms with E-state index < -0.39 is 0 Å². The Balaban J connectivity index is 1.92. The summed E-state index contributed by atoms with van der Waals surface area (Å²) in [7, 11) is 0. The van der Waals surface area contributed by atoms with Gasteiger partial charge < -0.3 is 9.73 Å². The Hall–Kier alpha value is -0.800. The highest BCUT2D eigenvalue weighted by atomic mass is 16.3. The van der Waals surface area contributed by atoms with Gasteiger partial charge in [0.25, 0.3) is 0 Å². The maximum Gasteiger partial charge on any atom is 0.120 e. The fourth-order valence-electron chi connectivity index (χ4n) is 2.99. The van der Waals surface area contributed by atoms with Gasteiger partial charge in [0.1, 0.15) is 11.5 Å². The van der Waals surface area contributed by atoms with Gasteiger partial charge in [-0.3, -0.25) is 4.90 Å². The minimum atomic E-state index is 0.757. The quantitative estimate of drug-likeness (QED) is 0.764. The predicted molar refractivity (Wildman–Crippen MR) is 79.2 cm³/mol. The molecule has 3 nitrogen and oxygen atoms in total. The first-order valence-electron chi connectivity index (χ1n) is 7.77. The van der Waals surface area contributed by atoms with Crippen molar-refractivity contribution in [2.24, 2.45) is 0 Å². The fraction of sp³-hybridized carbons (Fsp3) is 0.750. The third kappa shape index (κ3) is 3.83. The Labute approximate surface area is 117 Å². The molecule has 0 aliphatic carbocycles. The summed E-state index contributed by atoms with van der Waals surface area (Å²) >= 11 is 0. The second-order valence-corrected chi connectivity index (χ2v) is 5.67. The molecule has 1 atom stereocenters. The average Bonchev–Trinajstić information content (AvgIpc) is 2.97. The first-order valence-corrected chi connectivity index (χ1v) is 7.77. The minimum absolute atomic E-state index is 0.757. The highest BCUT2D eigenvalue weighted by Gasteiger charge is 2.23. The van der Waals surface area contributed by atoms with Gasteiger partial charge in [0.15, 0.2) is 0 Å². The largest absolute Gasteiger partial charge is 0.463 e. The molecule has 0 spiro atoms. The van der Waals surface area contributed by atoms with Crippen molar-refractivity contribution in [1.82, 2.24) is 10.2 Å². The summed E-state index contributed by atoms with van der Waals surface area (Å²) in [5.74, 6) is 2.24. The number of nitrogens with zero attached hydrogens (tertiary/aromatic N) is 1. The third-order valence-electron chi connectivity index (χ3n) is 4.11. The van der Waals surface area contributed by atoms with Crippen LogP contribution in [0.25, 0.3) is 0 Å². The van der Waals surface area contributed by atoms with Gasteiger partial charge >= 0.3 is 0 Å². The number of aryl methyl sites for hydroxylation is 1. The van der Waals surface area contributed by atoms with Crippen LogP contribution in [0.2, 0.25) is 0 Å². The smallest absolute Gasteiger partial charge is 0.120 e. The molecule has 0 aromatic carbocycles. The molecular formula is C16H28N2O. The summed E-state index contributed by atoms with van der Waals surface area (Å²) in [5.41, 5.74) is 1.28. The molecule has 1 aliphatic heterocycles. The minimum Gasteiger partial charge on any atom is -0.463 e. The lowest BCUT2D eigenvalue weighted by Gasteiger charge is -2.21. The van der Waals surface area contributed by atoms with E-state index in [2.05, 4.69) is 37.1 Å². The summed E-state index contributed by atoms with van der Waals surface area (Å²) in [4.78, 5) is 2.57. The van der Waals surface area contributed by atoms with E-state index in [0.717, 1.165) is 37.2 Å². The van der Waals surface area contributed by atoms with Gasteiger partial charge in [0.05, 0.1) is 13.1 Å². The lowest BCUT2D eigenvalue weighted by molar-refractivity contribution is 0.219. The monoisotopic (exact) mass is 264 g/mol. The molecule has 1 fully saturated rings. The summed E-state index contributed by atoms with van der Waals surface area (Å²) < 4.78 is 6.01. The van der Waals surface area contributed by atoms with E-state index in [1.54, 1.807) is 0 Å². The maximum atomic E-state index is 6.01. The van der Waals surface area contributed by atoms with Crippen molar-refractivity contribution in [3.63, 3.8) is 0 Å². The molecule has 1 aromatic rings. The molecule has 1 aliphatic rings. The van der Waals surface area contributed by atoms with Crippen molar-refractivity contribution < 1.29 is 4.42 Å². The van der Waals surface area contributed by atoms with Crippen LogP contribution in [-0.4, -0.2) is 24.0 Å². The highest BCUT2D eigenvalue weighted by molar-refractivity contribution is 5.20. The molecule has 2 rings (SSSR count). The number of likely N-dealkylation sites (tertiary alicyclic amines) is 1. The predicted octanol–water partition coefficient (Wildman–Crippen LogP) is 3.46. The Morgan fingerprint density at radius 2 is 2.26 bits per heavy atom. The number of rotatable bonds is 7. The van der Waals surface area contributed by atoms with Crippen LogP contribution in [0.3, 0.4) is 0 Å². The Morgan fingerprint density at radius 1 is 1.42 bits per heavy atom. The van der Waals surface area contributed by atoms with Crippen LogP contribution in [-0.2, 0) is 13.1 Å². The van der Waals surface area contributed by atoms with Crippen LogP contribution in [0.4, 0.5) is 0 Å². The lowest BCUT2D eigenvalue weighted by Crippen LogP contribution is -2.27. The van der Waals surface area contributed by atoms with Crippen molar-refractivity contribution >= 4 is 0 Å². The topological polar surface area (TPSA) is 28.4 Å². The summed E-state index contributed by atoms with van der Waals surface area (Å²) in [5, 5.41) is 3.41. The number of hydrogen-bond donors (Lipinski definition) is 1. The standard InChI is InChI=1S/C16H28N2O/c1-4-8-17-11-16-13(3)10-15(19-16)12-18-9-6-7-14(18)5-2/h10,14,17H,4-9,11-12H2,1-3H3. The summed E-state index contributed by atoms with van der Waals surface area (Å²) in [6.07, 6.45) is 5.10. The van der Waals surface area contributed by atoms with E-state index in [1.807, 2.05) is 0 Å². The Morgan fingerprint density at radius 3 is 3.00 bits per heavy atom. The van der Waals surface area contributed by atoms with Crippen LogP contribution < -0.4 is 5.32 Å². The van der Waals surface area contributed by atoms with Crippen LogP contribution in [0.15, 0.2) is 10.5 Å². The SMILES string of the molecule is CCCNCc1oc(CN2CCCC2CC)cc1C. The normalized spacial score (nSPS) is 20.3. The second kappa shape index (κ2) is 7.11. The van der Waals surface area contributed by atoms with Crippen molar-refractivity contribution in [2.75, 3.05) is 13.1 Å². The molecule has 0 radical (unpaired) electrons. The maximum absolute atomic E-state index is 6.01. The van der Waals surface area contributed by atoms with Crippen molar-refractivity contribution in [1.29, 1.82) is 0 Å². The molecule has 1 saturated heterocycles. The van der Waals surface area contributed by atoms with E-state index in [4.69, 9.17) is 4.42 Å². The Bertz CT molecular complexity index is 386. The number of nitrogens with one attached hydrogen (secondary N) is 1. The van der Waals surface area contributed by atoms with E-state index in [0.29, 0.717) is 0 Å². The van der Waals surface area contributed by atoms with Gasteiger partial charge in [-0.2, -0.15) is 0 Å². The highest BCUT2D eigenvalue weighted by Crippen LogP contribution is 2.24. The molecule has 108 valence electrons. The van der Waals surface area contributed by atoms with Crippen LogP contribution >= 0.6 is 0 Å². The molecule has 3 heteroatoms. The first kappa shape index (κ1) is 14.6.